The number of carbonyl (C=O) groups excluding carboxylic acids is 1. The van der Waals surface area contributed by atoms with Crippen LogP contribution >= 0.6 is 0 Å². The van der Waals surface area contributed by atoms with E-state index in [0.717, 1.165) is 16.7 Å². The fourth-order valence-corrected chi connectivity index (χ4v) is 2.54. The van der Waals surface area contributed by atoms with Crippen LogP contribution in [0.15, 0.2) is 59.4 Å². The average Bonchev–Trinajstić information content (AvgIpc) is 2.62. The van der Waals surface area contributed by atoms with Crippen LogP contribution in [0.2, 0.25) is 0 Å². The molecule has 0 aliphatic rings. The van der Waals surface area contributed by atoms with Gasteiger partial charge in [0.25, 0.3) is 11.5 Å². The van der Waals surface area contributed by atoms with Crippen LogP contribution in [0.3, 0.4) is 0 Å². The number of aromatic amines is 1. The molecular formula is C19H18N2O3. The van der Waals surface area contributed by atoms with E-state index in [0.29, 0.717) is 24.1 Å². The summed E-state index contributed by atoms with van der Waals surface area (Å²) in [6.45, 7) is 0.395. The van der Waals surface area contributed by atoms with Crippen LogP contribution in [-0.4, -0.2) is 24.5 Å². The Balaban J connectivity index is 1.72. The molecular weight excluding hydrogens is 304 g/mol. The zero-order valence-electron chi connectivity index (χ0n) is 13.3. The van der Waals surface area contributed by atoms with Crippen LogP contribution in [0.4, 0.5) is 0 Å². The van der Waals surface area contributed by atoms with Crippen molar-refractivity contribution in [1.29, 1.82) is 0 Å². The van der Waals surface area contributed by atoms with Gasteiger partial charge in [0.1, 0.15) is 5.75 Å². The summed E-state index contributed by atoms with van der Waals surface area (Å²) in [6, 6.07) is 16.3. The minimum atomic E-state index is -0.144. The van der Waals surface area contributed by atoms with Gasteiger partial charge in [-0.1, -0.05) is 18.2 Å². The largest absolute Gasteiger partial charge is 0.497 e. The van der Waals surface area contributed by atoms with Crippen molar-refractivity contribution < 1.29 is 9.53 Å². The number of amides is 1. The number of hydrogen-bond donors (Lipinski definition) is 2. The molecule has 24 heavy (non-hydrogen) atoms. The van der Waals surface area contributed by atoms with E-state index in [-0.39, 0.29) is 11.5 Å². The number of aromatic nitrogens is 1. The third-order valence-electron chi connectivity index (χ3n) is 3.84. The van der Waals surface area contributed by atoms with Crippen molar-refractivity contribution in [3.05, 3.63) is 76.1 Å². The van der Waals surface area contributed by atoms with E-state index in [2.05, 4.69) is 10.3 Å². The molecule has 0 saturated carbocycles. The van der Waals surface area contributed by atoms with Gasteiger partial charge in [-0.25, -0.2) is 0 Å². The molecule has 0 radical (unpaired) electrons. The molecule has 5 heteroatoms. The lowest BCUT2D eigenvalue weighted by Gasteiger charge is -2.07. The molecule has 122 valence electrons. The van der Waals surface area contributed by atoms with Crippen LogP contribution in [0.5, 0.6) is 5.75 Å². The van der Waals surface area contributed by atoms with E-state index in [9.17, 15) is 9.59 Å². The smallest absolute Gasteiger partial charge is 0.251 e. The maximum Gasteiger partial charge on any atom is 0.251 e. The summed E-state index contributed by atoms with van der Waals surface area (Å²) >= 11 is 0. The number of carbonyl (C=O) groups is 1. The highest BCUT2D eigenvalue weighted by Crippen LogP contribution is 2.18. The van der Waals surface area contributed by atoms with Crippen molar-refractivity contribution in [2.24, 2.45) is 0 Å². The second-order valence-corrected chi connectivity index (χ2v) is 5.45. The van der Waals surface area contributed by atoms with Gasteiger partial charge in [-0.15, -0.1) is 0 Å². The summed E-state index contributed by atoms with van der Waals surface area (Å²) < 4.78 is 5.20. The zero-order valence-corrected chi connectivity index (χ0v) is 13.3. The fourth-order valence-electron chi connectivity index (χ4n) is 2.54. The van der Waals surface area contributed by atoms with Crippen molar-refractivity contribution in [1.82, 2.24) is 10.3 Å². The molecule has 0 aliphatic heterocycles. The summed E-state index contributed by atoms with van der Waals surface area (Å²) in [5.74, 6) is 0.590. The van der Waals surface area contributed by atoms with Gasteiger partial charge >= 0.3 is 0 Å². The van der Waals surface area contributed by atoms with Crippen LogP contribution < -0.4 is 15.6 Å². The van der Waals surface area contributed by atoms with Gasteiger partial charge in [-0.05, 0) is 42.8 Å². The van der Waals surface area contributed by atoms with E-state index in [1.807, 2.05) is 36.4 Å². The molecule has 0 unspecified atom stereocenters. The molecule has 0 spiro atoms. The Labute approximate surface area is 139 Å². The normalized spacial score (nSPS) is 10.5. The zero-order chi connectivity index (χ0) is 16.9. The van der Waals surface area contributed by atoms with Crippen LogP contribution in [0.1, 0.15) is 15.9 Å². The first kappa shape index (κ1) is 15.8. The average molecular weight is 322 g/mol. The molecule has 1 amide bonds. The van der Waals surface area contributed by atoms with E-state index in [4.69, 9.17) is 4.74 Å². The first-order chi connectivity index (χ1) is 11.7. The Kier molecular flexibility index (Phi) is 4.61. The van der Waals surface area contributed by atoms with Gasteiger partial charge in [0, 0.05) is 28.6 Å². The van der Waals surface area contributed by atoms with Crippen molar-refractivity contribution in [2.45, 2.75) is 6.42 Å². The van der Waals surface area contributed by atoms with Crippen LogP contribution in [0.25, 0.3) is 10.9 Å². The maximum absolute atomic E-state index is 12.1. The standard InChI is InChI=1S/C19H18N2O3/c1-24-16-7-8-17-15(12-16)11-14(19(23)21-17)9-10-20-18(22)13-5-3-2-4-6-13/h2-8,11-12H,9-10H2,1H3,(H,20,22)(H,21,23). The van der Waals surface area contributed by atoms with Crippen molar-refractivity contribution >= 4 is 16.8 Å². The minimum Gasteiger partial charge on any atom is -0.497 e. The quantitative estimate of drug-likeness (QED) is 0.758. The summed E-state index contributed by atoms with van der Waals surface area (Å²) in [7, 11) is 1.60. The van der Waals surface area contributed by atoms with Crippen molar-refractivity contribution in [2.75, 3.05) is 13.7 Å². The van der Waals surface area contributed by atoms with Gasteiger partial charge in [0.2, 0.25) is 0 Å². The molecule has 0 aliphatic carbocycles. The molecule has 1 heterocycles. The van der Waals surface area contributed by atoms with Gasteiger partial charge < -0.3 is 15.0 Å². The first-order valence-electron chi connectivity index (χ1n) is 7.70. The summed E-state index contributed by atoms with van der Waals surface area (Å²) in [6.07, 6.45) is 0.459. The number of fused-ring (bicyclic) bond motifs is 1. The Bertz CT molecular complexity index is 917. The van der Waals surface area contributed by atoms with Gasteiger partial charge in [0.15, 0.2) is 0 Å². The van der Waals surface area contributed by atoms with Gasteiger partial charge in [-0.2, -0.15) is 0 Å². The third-order valence-corrected chi connectivity index (χ3v) is 3.84. The molecule has 1 aromatic heterocycles. The third kappa shape index (κ3) is 3.46. The molecule has 3 aromatic rings. The van der Waals surface area contributed by atoms with E-state index in [1.165, 1.54) is 0 Å². The topological polar surface area (TPSA) is 71.2 Å². The maximum atomic E-state index is 12.1. The van der Waals surface area contributed by atoms with Crippen molar-refractivity contribution in [3.63, 3.8) is 0 Å². The van der Waals surface area contributed by atoms with Gasteiger partial charge in [0.05, 0.1) is 7.11 Å². The number of pyridine rings is 1. The van der Waals surface area contributed by atoms with Gasteiger partial charge in [-0.3, -0.25) is 9.59 Å². The van der Waals surface area contributed by atoms with Crippen molar-refractivity contribution in [3.8, 4) is 5.75 Å². The second-order valence-electron chi connectivity index (χ2n) is 5.45. The molecule has 2 N–H and O–H groups in total. The molecule has 0 saturated heterocycles. The van der Waals surface area contributed by atoms with E-state index >= 15 is 0 Å². The molecule has 0 bridgehead atoms. The highest BCUT2D eigenvalue weighted by Gasteiger charge is 2.07. The Morgan fingerprint density at radius 1 is 1.12 bits per heavy atom. The first-order valence-corrected chi connectivity index (χ1v) is 7.70. The molecule has 5 nitrogen and oxygen atoms in total. The Hall–Kier alpha value is -3.08. The predicted molar refractivity (Wildman–Crippen MR) is 93.6 cm³/mol. The minimum absolute atomic E-state index is 0.137. The number of ether oxygens (including phenoxy) is 1. The molecule has 0 fully saturated rings. The highest BCUT2D eigenvalue weighted by atomic mass is 16.5. The number of hydrogen-bond acceptors (Lipinski definition) is 3. The lowest BCUT2D eigenvalue weighted by Crippen LogP contribution is -2.27. The van der Waals surface area contributed by atoms with E-state index in [1.54, 1.807) is 25.3 Å². The number of benzene rings is 2. The number of nitrogens with one attached hydrogen (secondary N) is 2. The Morgan fingerprint density at radius 2 is 1.92 bits per heavy atom. The van der Waals surface area contributed by atoms with Crippen LogP contribution in [-0.2, 0) is 6.42 Å². The summed E-state index contributed by atoms with van der Waals surface area (Å²) in [5, 5.41) is 3.73. The van der Waals surface area contributed by atoms with Crippen LogP contribution in [0, 0.1) is 0 Å². The second kappa shape index (κ2) is 7.00. The summed E-state index contributed by atoms with van der Waals surface area (Å²) in [4.78, 5) is 27.0. The predicted octanol–water partition coefficient (Wildman–Crippen LogP) is 2.51. The molecule has 0 atom stereocenters. The van der Waals surface area contributed by atoms with E-state index < -0.39 is 0 Å². The SMILES string of the molecule is COc1ccc2[nH]c(=O)c(CCNC(=O)c3ccccc3)cc2c1. The lowest BCUT2D eigenvalue weighted by atomic mass is 10.1. The highest BCUT2D eigenvalue weighted by molar-refractivity contribution is 5.94. The number of methoxy groups -OCH3 is 1. The lowest BCUT2D eigenvalue weighted by molar-refractivity contribution is 0.0954. The fraction of sp³-hybridized carbons (Fsp3) is 0.158. The molecule has 3 rings (SSSR count). The summed E-state index contributed by atoms with van der Waals surface area (Å²) in [5.41, 5.74) is 1.86. The molecule has 2 aromatic carbocycles. The Morgan fingerprint density at radius 3 is 2.67 bits per heavy atom. The number of H-pyrrole nitrogens is 1. The number of rotatable bonds is 5. The monoisotopic (exact) mass is 322 g/mol.